The van der Waals surface area contributed by atoms with Crippen LogP contribution in [0.2, 0.25) is 0 Å². The number of nitrogens with one attached hydrogen (secondary N) is 1. The summed E-state index contributed by atoms with van der Waals surface area (Å²) in [6.07, 6.45) is 3.36. The number of hydrogen-bond donors (Lipinski definition) is 1. The van der Waals surface area contributed by atoms with Gasteiger partial charge in [0.05, 0.1) is 23.1 Å². The van der Waals surface area contributed by atoms with E-state index in [9.17, 15) is 4.79 Å². The third-order valence-electron chi connectivity index (χ3n) is 3.79. The van der Waals surface area contributed by atoms with E-state index in [0.29, 0.717) is 12.1 Å². The van der Waals surface area contributed by atoms with Crippen LogP contribution < -0.4 is 5.32 Å². The van der Waals surface area contributed by atoms with E-state index in [0.717, 1.165) is 30.8 Å². The molecule has 1 heterocycles. The van der Waals surface area contributed by atoms with Crippen molar-refractivity contribution in [3.63, 3.8) is 0 Å². The molecule has 1 amide bonds. The first kappa shape index (κ1) is 17.2. The molecule has 1 N–H and O–H groups in total. The fourth-order valence-electron chi connectivity index (χ4n) is 2.50. The van der Waals surface area contributed by atoms with Crippen LogP contribution in [0, 0.1) is 6.92 Å². The normalized spacial score (nSPS) is 11.0. The molecule has 1 aromatic carbocycles. The lowest BCUT2D eigenvalue weighted by Gasteiger charge is -2.11. The Kier molecular flexibility index (Phi) is 5.93. The summed E-state index contributed by atoms with van der Waals surface area (Å²) in [4.78, 5) is 14.5. The highest BCUT2D eigenvalue weighted by Crippen LogP contribution is 2.16. The minimum Gasteiger partial charge on any atom is -0.352 e. The van der Waals surface area contributed by atoms with Gasteiger partial charge < -0.3 is 10.2 Å². The summed E-state index contributed by atoms with van der Waals surface area (Å²) >= 11 is 0. The fourth-order valence-corrected chi connectivity index (χ4v) is 2.50. The minimum atomic E-state index is -0.0426. The van der Waals surface area contributed by atoms with Crippen LogP contribution in [0.15, 0.2) is 30.5 Å². The Labute approximate surface area is 138 Å². The zero-order chi connectivity index (χ0) is 16.8. The molecule has 0 aliphatic rings. The predicted molar refractivity (Wildman–Crippen MR) is 93.2 cm³/mol. The first-order valence-electron chi connectivity index (χ1n) is 8.09. The summed E-state index contributed by atoms with van der Waals surface area (Å²) in [7, 11) is 4.06. The minimum absolute atomic E-state index is 0.0426. The molecule has 0 aliphatic heterocycles. The van der Waals surface area contributed by atoms with Gasteiger partial charge in [0, 0.05) is 6.54 Å². The Morgan fingerprint density at radius 1 is 1.26 bits per heavy atom. The van der Waals surface area contributed by atoms with E-state index in [1.165, 1.54) is 5.56 Å². The Morgan fingerprint density at radius 3 is 2.57 bits per heavy atom. The molecule has 23 heavy (non-hydrogen) atoms. The highest BCUT2D eigenvalue weighted by Gasteiger charge is 2.16. The number of nitrogens with zero attached hydrogens (tertiary/aromatic N) is 3. The Hall–Kier alpha value is -2.14. The van der Waals surface area contributed by atoms with E-state index in [2.05, 4.69) is 34.4 Å². The van der Waals surface area contributed by atoms with Crippen molar-refractivity contribution in [2.75, 3.05) is 27.2 Å². The van der Waals surface area contributed by atoms with Gasteiger partial charge in [-0.2, -0.15) is 5.10 Å². The van der Waals surface area contributed by atoms with Crippen molar-refractivity contribution in [2.24, 2.45) is 0 Å². The molecule has 0 saturated heterocycles. The molecule has 5 heteroatoms. The third kappa shape index (κ3) is 4.42. The van der Waals surface area contributed by atoms with Gasteiger partial charge in [0.1, 0.15) is 0 Å². The van der Waals surface area contributed by atoms with Crippen molar-refractivity contribution >= 4 is 5.91 Å². The number of rotatable bonds is 7. The summed E-state index contributed by atoms with van der Waals surface area (Å²) in [6, 6.07) is 8.16. The molecule has 0 bridgehead atoms. The second-order valence-electron chi connectivity index (χ2n) is 6.02. The van der Waals surface area contributed by atoms with Gasteiger partial charge in [-0.05, 0) is 52.5 Å². The molecule has 2 aromatic rings. The van der Waals surface area contributed by atoms with Gasteiger partial charge in [-0.25, -0.2) is 4.68 Å². The maximum atomic E-state index is 12.4. The first-order chi connectivity index (χ1) is 11.0. The molecule has 0 spiro atoms. The Bertz CT molecular complexity index is 644. The number of aromatic nitrogens is 2. The van der Waals surface area contributed by atoms with Crippen molar-refractivity contribution in [2.45, 2.75) is 26.7 Å². The molecule has 124 valence electrons. The molecule has 5 nitrogen and oxygen atoms in total. The number of hydrogen-bond acceptors (Lipinski definition) is 3. The molecule has 0 aliphatic carbocycles. The lowest BCUT2D eigenvalue weighted by atomic mass is 10.1. The molecule has 0 fully saturated rings. The quantitative estimate of drug-likeness (QED) is 0.799. The first-order valence-corrected chi connectivity index (χ1v) is 8.09. The summed E-state index contributed by atoms with van der Waals surface area (Å²) in [5, 5.41) is 7.40. The van der Waals surface area contributed by atoms with E-state index in [1.54, 1.807) is 6.20 Å². The summed E-state index contributed by atoms with van der Waals surface area (Å²) in [5.41, 5.74) is 3.80. The SMILES string of the molecule is CCc1c(C(=O)NCCCN(C)C)cnn1-c1ccc(C)cc1. The zero-order valence-corrected chi connectivity index (χ0v) is 14.5. The van der Waals surface area contributed by atoms with Crippen LogP contribution in [-0.2, 0) is 6.42 Å². The number of aryl methyl sites for hydroxylation is 1. The topological polar surface area (TPSA) is 50.2 Å². The van der Waals surface area contributed by atoms with Gasteiger partial charge in [0.25, 0.3) is 5.91 Å². The summed E-state index contributed by atoms with van der Waals surface area (Å²) in [5.74, 6) is -0.0426. The average molecular weight is 314 g/mol. The van der Waals surface area contributed by atoms with E-state index in [-0.39, 0.29) is 5.91 Å². The van der Waals surface area contributed by atoms with Crippen LogP contribution in [-0.4, -0.2) is 47.8 Å². The van der Waals surface area contributed by atoms with Crippen molar-refractivity contribution < 1.29 is 4.79 Å². The Morgan fingerprint density at radius 2 is 1.96 bits per heavy atom. The van der Waals surface area contributed by atoms with Gasteiger partial charge in [-0.15, -0.1) is 0 Å². The standard InChI is InChI=1S/C18H26N4O/c1-5-17-16(18(23)19-11-6-12-21(3)4)13-20-22(17)15-9-7-14(2)8-10-15/h7-10,13H,5-6,11-12H2,1-4H3,(H,19,23). The second kappa shape index (κ2) is 7.92. The summed E-state index contributed by atoms with van der Waals surface area (Å²) < 4.78 is 1.86. The molecule has 2 rings (SSSR count). The van der Waals surface area contributed by atoms with E-state index in [4.69, 9.17) is 0 Å². The fraction of sp³-hybridized carbons (Fsp3) is 0.444. The van der Waals surface area contributed by atoms with E-state index < -0.39 is 0 Å². The number of benzene rings is 1. The lowest BCUT2D eigenvalue weighted by Crippen LogP contribution is -2.27. The van der Waals surface area contributed by atoms with Crippen molar-refractivity contribution in [1.82, 2.24) is 20.0 Å². The van der Waals surface area contributed by atoms with Crippen LogP contribution in [0.3, 0.4) is 0 Å². The Balaban J connectivity index is 2.11. The molecule has 0 atom stereocenters. The highest BCUT2D eigenvalue weighted by molar-refractivity contribution is 5.95. The zero-order valence-electron chi connectivity index (χ0n) is 14.5. The van der Waals surface area contributed by atoms with Crippen molar-refractivity contribution in [1.29, 1.82) is 0 Å². The molecular formula is C18H26N4O. The predicted octanol–water partition coefficient (Wildman–Crippen LogP) is 2.42. The van der Waals surface area contributed by atoms with Gasteiger partial charge in [0.15, 0.2) is 0 Å². The van der Waals surface area contributed by atoms with Crippen LogP contribution in [0.5, 0.6) is 0 Å². The highest BCUT2D eigenvalue weighted by atomic mass is 16.1. The van der Waals surface area contributed by atoms with E-state index in [1.807, 2.05) is 37.8 Å². The number of carbonyl (C=O) groups is 1. The molecular weight excluding hydrogens is 288 g/mol. The smallest absolute Gasteiger partial charge is 0.254 e. The van der Waals surface area contributed by atoms with Gasteiger partial charge in [-0.1, -0.05) is 24.6 Å². The largest absolute Gasteiger partial charge is 0.352 e. The van der Waals surface area contributed by atoms with Gasteiger partial charge in [-0.3, -0.25) is 4.79 Å². The summed E-state index contributed by atoms with van der Waals surface area (Å²) in [6.45, 7) is 5.74. The molecule has 0 saturated carbocycles. The monoisotopic (exact) mass is 314 g/mol. The third-order valence-corrected chi connectivity index (χ3v) is 3.79. The maximum Gasteiger partial charge on any atom is 0.254 e. The average Bonchev–Trinajstić information content (AvgIpc) is 2.96. The van der Waals surface area contributed by atoms with Crippen molar-refractivity contribution in [3.05, 3.63) is 47.3 Å². The molecule has 0 radical (unpaired) electrons. The van der Waals surface area contributed by atoms with Crippen molar-refractivity contribution in [3.8, 4) is 5.69 Å². The lowest BCUT2D eigenvalue weighted by molar-refractivity contribution is 0.0951. The van der Waals surface area contributed by atoms with Gasteiger partial charge >= 0.3 is 0 Å². The van der Waals surface area contributed by atoms with Crippen LogP contribution in [0.1, 0.15) is 35.0 Å². The molecule has 0 unspecified atom stereocenters. The molecule has 1 aromatic heterocycles. The van der Waals surface area contributed by atoms with Gasteiger partial charge in [0.2, 0.25) is 0 Å². The van der Waals surface area contributed by atoms with E-state index >= 15 is 0 Å². The van der Waals surface area contributed by atoms with Crippen LogP contribution in [0.4, 0.5) is 0 Å². The second-order valence-corrected chi connectivity index (χ2v) is 6.02. The van der Waals surface area contributed by atoms with Crippen LogP contribution in [0.25, 0.3) is 5.69 Å². The number of amides is 1. The van der Waals surface area contributed by atoms with Crippen LogP contribution >= 0.6 is 0 Å². The number of carbonyl (C=O) groups excluding carboxylic acids is 1. The maximum absolute atomic E-state index is 12.4.